The van der Waals surface area contributed by atoms with E-state index in [-0.39, 0.29) is 5.41 Å². The van der Waals surface area contributed by atoms with Gasteiger partial charge in [-0.05, 0) is 6.92 Å². The number of hydrogen-bond acceptors (Lipinski definition) is 4. The maximum absolute atomic E-state index is 12.2. The van der Waals surface area contributed by atoms with Gasteiger partial charge in [0.25, 0.3) is 5.78 Å². The number of Topliss-reactive ketones (excluding diaryl/α,β-unsaturated/α-hetero) is 2. The topological polar surface area (TPSA) is 72.0 Å². The van der Waals surface area contributed by atoms with Crippen molar-refractivity contribution in [3.63, 3.8) is 0 Å². The Morgan fingerprint density at radius 2 is 1.85 bits per heavy atom. The normalized spacial score (nSPS) is 19.2. The summed E-state index contributed by atoms with van der Waals surface area (Å²) >= 11 is 0. The molecule has 2 aliphatic rings. The van der Waals surface area contributed by atoms with Gasteiger partial charge in [-0.25, -0.2) is 4.98 Å². The molecule has 1 saturated heterocycles. The minimum atomic E-state index is -0.513. The van der Waals surface area contributed by atoms with Crippen molar-refractivity contribution >= 4 is 11.6 Å². The standard InChI is InChI=1S/C15H12N2O3/c1-15(6-20-7-15)14-16-10-8-4-2-3-5-9(8)12(18)13(19)11(10)17-14/h2-5H,6-7H2,1H3,(H,16,17). The summed E-state index contributed by atoms with van der Waals surface area (Å²) in [5.41, 5.74) is 1.83. The Labute approximate surface area is 115 Å². The highest BCUT2D eigenvalue weighted by Gasteiger charge is 2.41. The third-order valence-electron chi connectivity index (χ3n) is 3.98. The zero-order valence-corrected chi connectivity index (χ0v) is 10.9. The molecule has 20 heavy (non-hydrogen) atoms. The van der Waals surface area contributed by atoms with Crippen molar-refractivity contribution in [2.24, 2.45) is 0 Å². The van der Waals surface area contributed by atoms with Crippen LogP contribution in [0.2, 0.25) is 0 Å². The average Bonchev–Trinajstić information content (AvgIpc) is 2.88. The molecule has 1 aliphatic heterocycles. The van der Waals surface area contributed by atoms with Crippen LogP contribution in [0.5, 0.6) is 0 Å². The minimum absolute atomic E-state index is 0.199. The van der Waals surface area contributed by atoms with Gasteiger partial charge in [0.1, 0.15) is 17.2 Å². The van der Waals surface area contributed by atoms with Crippen molar-refractivity contribution in [3.05, 3.63) is 41.3 Å². The van der Waals surface area contributed by atoms with Gasteiger partial charge < -0.3 is 9.72 Å². The second-order valence-electron chi connectivity index (χ2n) is 5.57. The maximum atomic E-state index is 12.2. The number of benzene rings is 1. The van der Waals surface area contributed by atoms with E-state index in [0.29, 0.717) is 36.0 Å². The van der Waals surface area contributed by atoms with Crippen LogP contribution in [0.1, 0.15) is 33.6 Å². The summed E-state index contributed by atoms with van der Waals surface area (Å²) in [7, 11) is 0. The summed E-state index contributed by atoms with van der Waals surface area (Å²) in [5.74, 6) is -0.272. The van der Waals surface area contributed by atoms with Crippen LogP contribution >= 0.6 is 0 Å². The first-order valence-corrected chi connectivity index (χ1v) is 6.47. The molecule has 5 nitrogen and oxygen atoms in total. The molecule has 1 aromatic carbocycles. The molecule has 2 heterocycles. The van der Waals surface area contributed by atoms with Gasteiger partial charge in [0, 0.05) is 11.1 Å². The van der Waals surface area contributed by atoms with Crippen LogP contribution in [0.4, 0.5) is 0 Å². The number of carbonyl (C=O) groups is 2. The molecule has 5 heteroatoms. The minimum Gasteiger partial charge on any atom is -0.379 e. The number of imidazole rings is 1. The van der Waals surface area contributed by atoms with Gasteiger partial charge in [0.05, 0.1) is 18.6 Å². The molecule has 0 bridgehead atoms. The Bertz CT molecular complexity index is 756. The van der Waals surface area contributed by atoms with Crippen molar-refractivity contribution in [2.45, 2.75) is 12.3 Å². The third-order valence-corrected chi connectivity index (χ3v) is 3.98. The average molecular weight is 268 g/mol. The fourth-order valence-corrected chi connectivity index (χ4v) is 2.69. The summed E-state index contributed by atoms with van der Waals surface area (Å²) in [6.45, 7) is 3.17. The number of aromatic nitrogens is 2. The number of fused-ring (bicyclic) bond motifs is 3. The van der Waals surface area contributed by atoms with Crippen LogP contribution in [-0.2, 0) is 10.2 Å². The first-order chi connectivity index (χ1) is 9.60. The van der Waals surface area contributed by atoms with Gasteiger partial charge in [-0.1, -0.05) is 24.3 Å². The molecule has 0 spiro atoms. The first-order valence-electron chi connectivity index (χ1n) is 6.47. The van der Waals surface area contributed by atoms with Gasteiger partial charge in [0.15, 0.2) is 0 Å². The molecule has 0 saturated carbocycles. The van der Waals surface area contributed by atoms with Crippen molar-refractivity contribution in [3.8, 4) is 11.3 Å². The van der Waals surface area contributed by atoms with Gasteiger partial charge in [-0.3, -0.25) is 9.59 Å². The van der Waals surface area contributed by atoms with E-state index in [0.717, 1.165) is 5.56 Å². The molecule has 1 fully saturated rings. The largest absolute Gasteiger partial charge is 0.379 e. The van der Waals surface area contributed by atoms with Crippen LogP contribution in [-0.4, -0.2) is 34.7 Å². The molecule has 0 amide bonds. The second kappa shape index (κ2) is 3.64. The molecule has 1 N–H and O–H groups in total. The van der Waals surface area contributed by atoms with E-state index in [9.17, 15) is 9.59 Å². The lowest BCUT2D eigenvalue weighted by molar-refractivity contribution is -0.0539. The highest BCUT2D eigenvalue weighted by Crippen LogP contribution is 2.36. The Morgan fingerprint density at radius 1 is 1.15 bits per heavy atom. The fraction of sp³-hybridized carbons (Fsp3) is 0.267. The number of ether oxygens (including phenoxy) is 1. The van der Waals surface area contributed by atoms with E-state index in [1.165, 1.54) is 0 Å². The smallest absolute Gasteiger partial charge is 0.251 e. The van der Waals surface area contributed by atoms with E-state index in [4.69, 9.17) is 4.74 Å². The summed E-state index contributed by atoms with van der Waals surface area (Å²) in [6.07, 6.45) is 0. The first kappa shape index (κ1) is 11.5. The van der Waals surface area contributed by atoms with E-state index < -0.39 is 11.6 Å². The third kappa shape index (κ3) is 1.33. The Balaban J connectivity index is 1.95. The molecule has 1 aliphatic carbocycles. The van der Waals surface area contributed by atoms with Crippen molar-refractivity contribution < 1.29 is 14.3 Å². The van der Waals surface area contributed by atoms with Crippen LogP contribution in [0, 0.1) is 0 Å². The summed E-state index contributed by atoms with van der Waals surface area (Å²) in [6, 6.07) is 7.08. The number of carbonyl (C=O) groups excluding carboxylic acids is 2. The molecule has 100 valence electrons. The maximum Gasteiger partial charge on any atom is 0.251 e. The second-order valence-corrected chi connectivity index (χ2v) is 5.57. The number of hydrogen-bond donors (Lipinski definition) is 1. The Kier molecular flexibility index (Phi) is 2.10. The van der Waals surface area contributed by atoms with Gasteiger partial charge >= 0.3 is 0 Å². The molecule has 1 aromatic heterocycles. The van der Waals surface area contributed by atoms with Gasteiger partial charge in [0.2, 0.25) is 5.78 Å². The number of ketones is 2. The number of rotatable bonds is 1. The lowest BCUT2D eigenvalue weighted by atomic mass is 9.88. The molecule has 4 rings (SSSR count). The number of aromatic amines is 1. The van der Waals surface area contributed by atoms with E-state index in [1.54, 1.807) is 12.1 Å². The van der Waals surface area contributed by atoms with Crippen LogP contribution in [0.3, 0.4) is 0 Å². The summed E-state index contributed by atoms with van der Waals surface area (Å²) < 4.78 is 5.23. The predicted octanol–water partition coefficient (Wildman–Crippen LogP) is 1.74. The zero-order valence-electron chi connectivity index (χ0n) is 10.9. The van der Waals surface area contributed by atoms with Crippen molar-refractivity contribution in [2.75, 3.05) is 13.2 Å². The van der Waals surface area contributed by atoms with Gasteiger partial charge in [-0.15, -0.1) is 0 Å². The highest BCUT2D eigenvalue weighted by molar-refractivity contribution is 6.52. The molecule has 0 atom stereocenters. The van der Waals surface area contributed by atoms with Crippen LogP contribution in [0.25, 0.3) is 11.3 Å². The molecular weight excluding hydrogens is 256 g/mol. The van der Waals surface area contributed by atoms with E-state index in [2.05, 4.69) is 9.97 Å². The Hall–Kier alpha value is -2.27. The monoisotopic (exact) mass is 268 g/mol. The number of H-pyrrole nitrogens is 1. The van der Waals surface area contributed by atoms with Gasteiger partial charge in [-0.2, -0.15) is 0 Å². The number of nitrogens with one attached hydrogen (secondary N) is 1. The van der Waals surface area contributed by atoms with E-state index >= 15 is 0 Å². The fourth-order valence-electron chi connectivity index (χ4n) is 2.69. The molecule has 0 radical (unpaired) electrons. The summed E-state index contributed by atoms with van der Waals surface area (Å²) in [5, 5.41) is 0. The lowest BCUT2D eigenvalue weighted by Gasteiger charge is -2.36. The SMILES string of the molecule is CC1(c2nc3c([nH]2)C(=O)C(=O)c2ccccc2-3)COC1. The van der Waals surface area contributed by atoms with Crippen LogP contribution < -0.4 is 0 Å². The molecular formula is C15H12N2O3. The highest BCUT2D eigenvalue weighted by atomic mass is 16.5. The predicted molar refractivity (Wildman–Crippen MR) is 70.9 cm³/mol. The number of nitrogens with zero attached hydrogens (tertiary/aromatic N) is 1. The quantitative estimate of drug-likeness (QED) is 0.800. The van der Waals surface area contributed by atoms with Crippen molar-refractivity contribution in [1.29, 1.82) is 0 Å². The van der Waals surface area contributed by atoms with E-state index in [1.807, 2.05) is 19.1 Å². The van der Waals surface area contributed by atoms with Crippen LogP contribution in [0.15, 0.2) is 24.3 Å². The lowest BCUT2D eigenvalue weighted by Crippen LogP contribution is -2.44. The molecule has 2 aromatic rings. The molecule has 0 unspecified atom stereocenters. The summed E-state index contributed by atoms with van der Waals surface area (Å²) in [4.78, 5) is 31.9. The zero-order chi connectivity index (χ0) is 13.9. The Morgan fingerprint density at radius 3 is 2.50 bits per heavy atom. The van der Waals surface area contributed by atoms with Crippen molar-refractivity contribution in [1.82, 2.24) is 9.97 Å².